The summed E-state index contributed by atoms with van der Waals surface area (Å²) in [6, 6.07) is 2.72. The van der Waals surface area contributed by atoms with Crippen LogP contribution in [0.25, 0.3) is 11.1 Å². The molecule has 5 heterocycles. The Morgan fingerprint density at radius 2 is 2.00 bits per heavy atom. The Hall–Kier alpha value is -3.42. The first-order valence-corrected chi connectivity index (χ1v) is 13.0. The highest BCUT2D eigenvalue weighted by Crippen LogP contribution is 2.37. The number of carbonyl (C=O) groups excluding carboxylic acids is 1. The van der Waals surface area contributed by atoms with E-state index in [0.717, 1.165) is 51.3 Å². The van der Waals surface area contributed by atoms with Crippen molar-refractivity contribution < 1.29 is 27.1 Å². The highest BCUT2D eigenvalue weighted by Gasteiger charge is 2.44. The highest BCUT2D eigenvalue weighted by molar-refractivity contribution is 6.15. The Morgan fingerprint density at radius 3 is 2.77 bits per heavy atom. The largest absolute Gasteiger partial charge is 0.438 e. The van der Waals surface area contributed by atoms with Crippen LogP contribution in [0.3, 0.4) is 0 Å². The Bertz CT molecular complexity index is 1310. The quantitative estimate of drug-likeness (QED) is 0.408. The van der Waals surface area contributed by atoms with Crippen LogP contribution in [-0.4, -0.2) is 78.9 Å². The van der Waals surface area contributed by atoms with Gasteiger partial charge in [0, 0.05) is 44.6 Å². The predicted molar refractivity (Wildman–Crippen MR) is 141 cm³/mol. The van der Waals surface area contributed by atoms with Gasteiger partial charge in [0.2, 0.25) is 5.88 Å². The molecule has 10 nitrogen and oxygen atoms in total. The molecule has 5 N–H and O–H groups in total. The lowest BCUT2D eigenvalue weighted by Crippen LogP contribution is -2.51. The minimum Gasteiger partial charge on any atom is -0.438 e. The number of fused-ring (bicyclic) bond motifs is 1. The van der Waals surface area contributed by atoms with E-state index in [-0.39, 0.29) is 36.6 Å². The van der Waals surface area contributed by atoms with Crippen LogP contribution in [-0.2, 0) is 11.2 Å². The number of morpholine rings is 1. The number of aromatic nitrogens is 2. The lowest BCUT2D eigenvalue weighted by atomic mass is 9.93. The van der Waals surface area contributed by atoms with E-state index in [2.05, 4.69) is 20.2 Å². The second kappa shape index (κ2) is 11.4. The summed E-state index contributed by atoms with van der Waals surface area (Å²) >= 11 is 0. The number of pyridine rings is 2. The van der Waals surface area contributed by atoms with Crippen molar-refractivity contribution in [3.05, 3.63) is 41.9 Å². The average Bonchev–Trinajstić information content (AvgIpc) is 3.23. The van der Waals surface area contributed by atoms with Crippen LogP contribution in [0.5, 0.6) is 0 Å². The van der Waals surface area contributed by atoms with Crippen LogP contribution in [0.2, 0.25) is 0 Å². The third-order valence-electron chi connectivity index (χ3n) is 7.22. The molecule has 0 radical (unpaired) electrons. The van der Waals surface area contributed by atoms with Gasteiger partial charge in [0.25, 0.3) is 5.91 Å². The number of rotatable bonds is 7. The number of hydrogen-bond acceptors (Lipinski definition) is 9. The lowest BCUT2D eigenvalue weighted by Gasteiger charge is -2.39. The lowest BCUT2D eigenvalue weighted by molar-refractivity contribution is -0.177. The van der Waals surface area contributed by atoms with Gasteiger partial charge in [0.1, 0.15) is 11.1 Å². The van der Waals surface area contributed by atoms with Crippen LogP contribution >= 0.6 is 0 Å². The van der Waals surface area contributed by atoms with Gasteiger partial charge in [-0.2, -0.15) is 13.2 Å². The fraction of sp³-hybridized carbons (Fsp3) is 0.500. The van der Waals surface area contributed by atoms with Gasteiger partial charge < -0.3 is 30.8 Å². The van der Waals surface area contributed by atoms with Gasteiger partial charge in [-0.05, 0) is 43.5 Å². The molecule has 0 aliphatic carbocycles. The van der Waals surface area contributed by atoms with Gasteiger partial charge in [0.05, 0.1) is 36.7 Å². The average molecular weight is 548 g/mol. The Balaban J connectivity index is 1.30. The second-order valence-electron chi connectivity index (χ2n) is 10.1. The number of aryl methyl sites for hydroxylation is 1. The molecular weight excluding hydrogens is 515 g/mol. The van der Waals surface area contributed by atoms with Crippen LogP contribution in [0.4, 0.5) is 30.4 Å². The van der Waals surface area contributed by atoms with E-state index in [1.54, 1.807) is 12.3 Å². The summed E-state index contributed by atoms with van der Waals surface area (Å²) in [5, 5.41) is 2.74. The molecule has 3 aromatic heterocycles. The van der Waals surface area contributed by atoms with E-state index in [0.29, 0.717) is 16.8 Å². The smallest absolute Gasteiger partial charge is 0.393 e. The maximum Gasteiger partial charge on any atom is 0.393 e. The topological polar surface area (TPSA) is 136 Å². The molecule has 0 unspecified atom stereocenters. The van der Waals surface area contributed by atoms with E-state index in [9.17, 15) is 18.0 Å². The number of nitrogen functional groups attached to an aromatic ring is 1. The van der Waals surface area contributed by atoms with Gasteiger partial charge in [0.15, 0.2) is 5.58 Å². The molecule has 210 valence electrons. The van der Waals surface area contributed by atoms with Gasteiger partial charge in [-0.1, -0.05) is 0 Å². The number of halogens is 3. The molecule has 2 fully saturated rings. The zero-order chi connectivity index (χ0) is 27.6. The summed E-state index contributed by atoms with van der Waals surface area (Å²) in [5.41, 5.74) is 14.4. The number of hydrogen-bond donors (Lipinski definition) is 3. The predicted octanol–water partition coefficient (Wildman–Crippen LogP) is 3.04. The monoisotopic (exact) mass is 547 g/mol. The van der Waals surface area contributed by atoms with E-state index in [4.69, 9.17) is 20.6 Å². The number of carbonyl (C=O) groups is 1. The van der Waals surface area contributed by atoms with Crippen molar-refractivity contribution in [1.29, 1.82) is 0 Å². The summed E-state index contributed by atoms with van der Waals surface area (Å²) in [4.78, 5) is 25.7. The third kappa shape index (κ3) is 6.26. The second-order valence-corrected chi connectivity index (χ2v) is 10.1. The Labute approximate surface area is 223 Å². The summed E-state index contributed by atoms with van der Waals surface area (Å²) < 4.78 is 51.5. The SMILES string of the molecule is Nc1oc2cc(CCCN3CCOCC3)cnc2c1C(=O)Nc1cnccc1N1C[C@H](N)C[C@H](C(F)(F)F)C1. The maximum absolute atomic E-state index is 13.5. The number of amides is 1. The van der Waals surface area contributed by atoms with Gasteiger partial charge in [-0.15, -0.1) is 0 Å². The van der Waals surface area contributed by atoms with Gasteiger partial charge >= 0.3 is 6.18 Å². The van der Waals surface area contributed by atoms with Crippen LogP contribution in [0.1, 0.15) is 28.8 Å². The molecule has 0 saturated carbocycles. The number of nitrogens with one attached hydrogen (secondary N) is 1. The number of furan rings is 1. The number of nitrogens with zero attached hydrogens (tertiary/aromatic N) is 4. The number of alkyl halides is 3. The molecule has 13 heteroatoms. The number of anilines is 3. The molecule has 39 heavy (non-hydrogen) atoms. The Kier molecular flexibility index (Phi) is 7.91. The molecule has 3 aromatic rings. The molecule has 2 saturated heterocycles. The van der Waals surface area contributed by atoms with Crippen molar-refractivity contribution in [1.82, 2.24) is 14.9 Å². The van der Waals surface area contributed by atoms with Crippen molar-refractivity contribution in [2.24, 2.45) is 11.7 Å². The maximum atomic E-state index is 13.5. The molecule has 5 rings (SSSR count). The summed E-state index contributed by atoms with van der Waals surface area (Å²) in [6.07, 6.45) is 1.75. The molecule has 2 aliphatic heterocycles. The molecular formula is C26H32F3N7O3. The summed E-state index contributed by atoms with van der Waals surface area (Å²) in [6.45, 7) is 4.26. The van der Waals surface area contributed by atoms with E-state index < -0.39 is 24.0 Å². The summed E-state index contributed by atoms with van der Waals surface area (Å²) in [5.74, 6) is -2.26. The number of ether oxygens (including phenoxy) is 1. The normalized spacial score (nSPS) is 20.9. The Morgan fingerprint density at radius 1 is 1.21 bits per heavy atom. The third-order valence-corrected chi connectivity index (χ3v) is 7.22. The fourth-order valence-corrected chi connectivity index (χ4v) is 5.24. The first-order valence-electron chi connectivity index (χ1n) is 13.0. The zero-order valence-electron chi connectivity index (χ0n) is 21.4. The molecule has 2 aliphatic rings. The molecule has 2 atom stereocenters. The minimum absolute atomic E-state index is 0.0585. The van der Waals surface area contributed by atoms with E-state index in [1.807, 2.05) is 6.07 Å². The zero-order valence-corrected chi connectivity index (χ0v) is 21.4. The van der Waals surface area contributed by atoms with Crippen LogP contribution < -0.4 is 21.7 Å². The van der Waals surface area contributed by atoms with Crippen molar-refractivity contribution in [3.63, 3.8) is 0 Å². The first-order chi connectivity index (χ1) is 18.7. The first kappa shape index (κ1) is 27.2. The van der Waals surface area contributed by atoms with E-state index in [1.165, 1.54) is 17.3 Å². The fourth-order valence-electron chi connectivity index (χ4n) is 5.24. The minimum atomic E-state index is -4.37. The van der Waals surface area contributed by atoms with Gasteiger partial charge in [-0.25, -0.2) is 0 Å². The van der Waals surface area contributed by atoms with Crippen molar-refractivity contribution in [3.8, 4) is 0 Å². The molecule has 0 spiro atoms. The van der Waals surface area contributed by atoms with Crippen molar-refractivity contribution in [2.45, 2.75) is 31.5 Å². The van der Waals surface area contributed by atoms with Crippen LogP contribution in [0.15, 0.2) is 35.1 Å². The van der Waals surface area contributed by atoms with Crippen LogP contribution in [0, 0.1) is 5.92 Å². The number of piperidine rings is 1. The number of nitrogens with two attached hydrogens (primary N) is 2. The van der Waals surface area contributed by atoms with Crippen molar-refractivity contribution in [2.75, 3.05) is 61.9 Å². The van der Waals surface area contributed by atoms with Gasteiger partial charge in [-0.3, -0.25) is 19.7 Å². The molecule has 0 bridgehead atoms. The summed E-state index contributed by atoms with van der Waals surface area (Å²) in [7, 11) is 0. The van der Waals surface area contributed by atoms with E-state index >= 15 is 0 Å². The molecule has 1 amide bonds. The standard InChI is InChI=1S/C26H32F3N7O3/c27-26(28,29)17-11-18(30)15-36(14-17)20-3-4-32-13-19(20)34-25(37)22-23-21(39-24(22)31)10-16(12-33-23)2-1-5-35-6-8-38-9-7-35/h3-4,10,12-13,17-18H,1-2,5-9,11,14-15,30-31H2,(H,34,37)/t17-,18+/m0/s1. The highest BCUT2D eigenvalue weighted by atomic mass is 19.4. The molecule has 0 aromatic carbocycles. The van der Waals surface area contributed by atoms with Crippen molar-refractivity contribution >= 4 is 34.3 Å².